The van der Waals surface area contributed by atoms with E-state index in [9.17, 15) is 13.2 Å². The van der Waals surface area contributed by atoms with Crippen LogP contribution in [0.15, 0.2) is 35.6 Å². The molecule has 2 N–H and O–H groups in total. The number of nitrogens with zero attached hydrogens (tertiary/aromatic N) is 3. The molecule has 0 saturated carbocycles. The molecule has 0 radical (unpaired) electrons. The third-order valence-electron chi connectivity index (χ3n) is 5.29. The number of hydrogen-bond donors (Lipinski definition) is 1. The first-order valence-corrected chi connectivity index (χ1v) is 11.2. The van der Waals surface area contributed by atoms with Gasteiger partial charge in [-0.1, -0.05) is 11.6 Å². The van der Waals surface area contributed by atoms with Gasteiger partial charge in [-0.15, -0.1) is 0 Å². The van der Waals surface area contributed by atoms with Crippen molar-refractivity contribution in [3.8, 4) is 5.88 Å². The number of halogens is 1. The molecule has 0 fully saturated rings. The molecule has 0 aromatic carbocycles. The van der Waals surface area contributed by atoms with Crippen LogP contribution in [0, 0.1) is 0 Å². The van der Waals surface area contributed by atoms with E-state index in [1.165, 1.54) is 33.4 Å². The lowest BCUT2D eigenvalue weighted by molar-refractivity contribution is 0.0988. The fourth-order valence-electron chi connectivity index (χ4n) is 3.24. The number of ketones is 1. The normalized spacial score (nSPS) is 22.2. The third-order valence-corrected chi connectivity index (χ3v) is 8.22. The standard InChI is InChI=1S/C20H23ClN4O4S/c1-19(2)18(22)25-20(3,11-30(19,27)28)14-7-12(9-24-17(14)29-4)8-16(26)15-6-5-13(21)10-23-15/h5-7,9-10H,8,11H2,1-4H3,(H2,22,25)/t20-/m0/s1. The number of ether oxygens (including phenoxy) is 1. The summed E-state index contributed by atoms with van der Waals surface area (Å²) in [6.07, 6.45) is 2.93. The van der Waals surface area contributed by atoms with Crippen LogP contribution in [0.4, 0.5) is 0 Å². The Bertz CT molecular complexity index is 1130. The van der Waals surface area contributed by atoms with E-state index in [0.29, 0.717) is 16.1 Å². The molecule has 2 aromatic heterocycles. The monoisotopic (exact) mass is 450 g/mol. The highest BCUT2D eigenvalue weighted by molar-refractivity contribution is 7.93. The number of pyridine rings is 2. The first-order valence-electron chi connectivity index (χ1n) is 9.16. The average Bonchev–Trinajstić information content (AvgIpc) is 2.66. The second-order valence-corrected chi connectivity index (χ2v) is 10.9. The predicted octanol–water partition coefficient (Wildman–Crippen LogP) is 2.34. The van der Waals surface area contributed by atoms with Gasteiger partial charge in [-0.05, 0) is 44.5 Å². The van der Waals surface area contributed by atoms with Crippen molar-refractivity contribution >= 4 is 33.1 Å². The van der Waals surface area contributed by atoms with E-state index in [2.05, 4.69) is 15.0 Å². The number of aliphatic imine (C=N–C) groups is 1. The van der Waals surface area contributed by atoms with Crippen LogP contribution in [0.5, 0.6) is 5.88 Å². The number of carbonyl (C=O) groups is 1. The predicted molar refractivity (Wildman–Crippen MR) is 115 cm³/mol. The summed E-state index contributed by atoms with van der Waals surface area (Å²) < 4.78 is 29.9. The number of nitrogens with two attached hydrogens (primary N) is 1. The zero-order valence-corrected chi connectivity index (χ0v) is 18.7. The summed E-state index contributed by atoms with van der Waals surface area (Å²) in [6, 6.07) is 4.82. The molecule has 0 spiro atoms. The summed E-state index contributed by atoms with van der Waals surface area (Å²) in [6.45, 7) is 4.73. The van der Waals surface area contributed by atoms with Crippen LogP contribution in [-0.4, -0.2) is 47.6 Å². The molecule has 160 valence electrons. The fraction of sp³-hybridized carbons (Fsp3) is 0.400. The van der Waals surface area contributed by atoms with Gasteiger partial charge in [-0.2, -0.15) is 0 Å². The van der Waals surface area contributed by atoms with Crippen molar-refractivity contribution in [2.75, 3.05) is 12.9 Å². The topological polar surface area (TPSA) is 125 Å². The minimum absolute atomic E-state index is 0.0187. The molecule has 0 bridgehead atoms. The molecular weight excluding hydrogens is 428 g/mol. The summed E-state index contributed by atoms with van der Waals surface area (Å²) in [7, 11) is -2.17. The lowest BCUT2D eigenvalue weighted by Gasteiger charge is -2.38. The van der Waals surface area contributed by atoms with E-state index in [0.717, 1.165) is 0 Å². The van der Waals surface area contributed by atoms with Crippen LogP contribution >= 0.6 is 11.6 Å². The van der Waals surface area contributed by atoms with Crippen LogP contribution in [-0.2, 0) is 21.8 Å². The lowest BCUT2D eigenvalue weighted by atomic mass is 9.92. The molecule has 0 amide bonds. The number of aromatic nitrogens is 2. The summed E-state index contributed by atoms with van der Waals surface area (Å²) >= 11 is 5.82. The minimum atomic E-state index is -3.60. The smallest absolute Gasteiger partial charge is 0.218 e. The highest BCUT2D eigenvalue weighted by Gasteiger charge is 2.49. The first-order chi connectivity index (χ1) is 13.9. The maximum Gasteiger partial charge on any atom is 0.218 e. The average molecular weight is 451 g/mol. The highest BCUT2D eigenvalue weighted by atomic mass is 35.5. The van der Waals surface area contributed by atoms with Gasteiger partial charge in [0.2, 0.25) is 5.88 Å². The Hall–Kier alpha value is -2.52. The van der Waals surface area contributed by atoms with E-state index >= 15 is 0 Å². The zero-order valence-electron chi connectivity index (χ0n) is 17.1. The van der Waals surface area contributed by atoms with Gasteiger partial charge in [0, 0.05) is 24.4 Å². The van der Waals surface area contributed by atoms with E-state index in [-0.39, 0.29) is 35.4 Å². The Labute approximate surface area is 180 Å². The maximum absolute atomic E-state index is 12.9. The number of methoxy groups -OCH3 is 1. The molecule has 0 unspecified atom stereocenters. The van der Waals surface area contributed by atoms with Gasteiger partial charge in [-0.3, -0.25) is 14.8 Å². The van der Waals surface area contributed by atoms with Gasteiger partial charge in [-0.25, -0.2) is 13.4 Å². The highest BCUT2D eigenvalue weighted by Crippen LogP contribution is 2.40. The number of sulfone groups is 1. The SMILES string of the molecule is COc1ncc(CC(=O)c2ccc(Cl)cn2)cc1[C@]1(C)CS(=O)(=O)C(C)(C)C(N)=N1. The van der Waals surface area contributed by atoms with Crippen LogP contribution in [0.25, 0.3) is 0 Å². The third kappa shape index (κ3) is 3.91. The summed E-state index contributed by atoms with van der Waals surface area (Å²) in [5, 5.41) is 0.435. The van der Waals surface area contributed by atoms with E-state index < -0.39 is 20.1 Å². The molecule has 0 aliphatic carbocycles. The molecule has 1 atom stereocenters. The zero-order chi connectivity index (χ0) is 22.3. The van der Waals surface area contributed by atoms with E-state index in [4.69, 9.17) is 22.1 Å². The van der Waals surface area contributed by atoms with Gasteiger partial charge >= 0.3 is 0 Å². The van der Waals surface area contributed by atoms with Crippen molar-refractivity contribution in [2.24, 2.45) is 10.7 Å². The molecular formula is C20H23ClN4O4S. The van der Waals surface area contributed by atoms with Gasteiger partial charge in [0.25, 0.3) is 0 Å². The largest absolute Gasteiger partial charge is 0.481 e. The maximum atomic E-state index is 12.9. The van der Waals surface area contributed by atoms with Gasteiger partial charge < -0.3 is 10.5 Å². The van der Waals surface area contributed by atoms with Crippen molar-refractivity contribution in [1.82, 2.24) is 9.97 Å². The van der Waals surface area contributed by atoms with Crippen molar-refractivity contribution < 1.29 is 17.9 Å². The summed E-state index contributed by atoms with van der Waals surface area (Å²) in [5.41, 5.74) is 6.13. The van der Waals surface area contributed by atoms with Crippen LogP contribution in [0.2, 0.25) is 5.02 Å². The quantitative estimate of drug-likeness (QED) is 0.693. The number of carbonyl (C=O) groups excluding carboxylic acids is 1. The number of rotatable bonds is 5. The van der Waals surface area contributed by atoms with Crippen molar-refractivity contribution in [3.05, 3.63) is 52.4 Å². The Morgan fingerprint density at radius 2 is 1.93 bits per heavy atom. The Morgan fingerprint density at radius 3 is 2.50 bits per heavy atom. The Morgan fingerprint density at radius 1 is 1.23 bits per heavy atom. The van der Waals surface area contributed by atoms with Gasteiger partial charge in [0.1, 0.15) is 21.8 Å². The molecule has 30 heavy (non-hydrogen) atoms. The van der Waals surface area contributed by atoms with E-state index in [1.807, 2.05) is 0 Å². The molecule has 3 heterocycles. The Balaban J connectivity index is 2.02. The summed E-state index contributed by atoms with van der Waals surface area (Å²) in [5.74, 6) is -0.243. The van der Waals surface area contributed by atoms with Crippen molar-refractivity contribution in [2.45, 2.75) is 37.5 Å². The van der Waals surface area contributed by atoms with E-state index in [1.54, 1.807) is 25.1 Å². The van der Waals surface area contributed by atoms with Crippen molar-refractivity contribution in [3.63, 3.8) is 0 Å². The lowest BCUT2D eigenvalue weighted by Crippen LogP contribution is -2.54. The van der Waals surface area contributed by atoms with Gasteiger partial charge in [0.05, 0.1) is 17.9 Å². The van der Waals surface area contributed by atoms with Crippen LogP contribution < -0.4 is 10.5 Å². The molecule has 10 heteroatoms. The molecule has 2 aromatic rings. The van der Waals surface area contributed by atoms with Crippen molar-refractivity contribution in [1.29, 1.82) is 0 Å². The number of Topliss-reactive ketones (excluding diaryl/α,β-unsaturated/α-hetero) is 1. The van der Waals surface area contributed by atoms with Crippen LogP contribution in [0.3, 0.4) is 0 Å². The first kappa shape index (κ1) is 22.2. The number of hydrogen-bond acceptors (Lipinski definition) is 8. The van der Waals surface area contributed by atoms with Crippen LogP contribution in [0.1, 0.15) is 42.4 Å². The molecule has 8 nitrogen and oxygen atoms in total. The molecule has 1 aliphatic rings. The Kier molecular flexibility index (Phi) is 5.64. The summed E-state index contributed by atoms with van der Waals surface area (Å²) in [4.78, 5) is 25.4. The second kappa shape index (κ2) is 7.63. The fourth-order valence-corrected chi connectivity index (χ4v) is 5.03. The molecule has 1 aliphatic heterocycles. The number of amidine groups is 1. The second-order valence-electron chi connectivity index (χ2n) is 7.90. The molecule has 3 rings (SSSR count). The minimum Gasteiger partial charge on any atom is -0.481 e. The molecule has 0 saturated heterocycles. The van der Waals surface area contributed by atoms with Gasteiger partial charge in [0.15, 0.2) is 15.6 Å².